The lowest BCUT2D eigenvalue weighted by Crippen LogP contribution is -2.25. The summed E-state index contributed by atoms with van der Waals surface area (Å²) in [4.78, 5) is 11.0. The van der Waals surface area contributed by atoms with Crippen LogP contribution in [0.15, 0.2) is 10.9 Å². The molecule has 15 heavy (non-hydrogen) atoms. The Bertz CT molecular complexity index is 356. The van der Waals surface area contributed by atoms with Gasteiger partial charge in [-0.25, -0.2) is 4.68 Å². The molecule has 6 heteroatoms. The van der Waals surface area contributed by atoms with Gasteiger partial charge in [-0.3, -0.25) is 4.79 Å². The van der Waals surface area contributed by atoms with Gasteiger partial charge >= 0.3 is 6.18 Å². The first-order valence-corrected chi connectivity index (χ1v) is 4.44. The first-order valence-electron chi connectivity index (χ1n) is 4.44. The van der Waals surface area contributed by atoms with Crippen molar-refractivity contribution in [3.8, 4) is 0 Å². The van der Waals surface area contributed by atoms with Gasteiger partial charge in [-0.2, -0.15) is 18.3 Å². The number of nitrogens with zero attached hydrogens (tertiary/aromatic N) is 2. The third-order valence-corrected chi connectivity index (χ3v) is 1.53. The average Bonchev–Trinajstić information content (AvgIpc) is 2.15. The van der Waals surface area contributed by atoms with E-state index in [1.54, 1.807) is 0 Å². The molecule has 0 spiro atoms. The normalized spacial score (nSPS) is 10.6. The smallest absolute Gasteiger partial charge is 0.268 e. The third kappa shape index (κ3) is 3.38. The number of alkyl halides is 3. The summed E-state index contributed by atoms with van der Waals surface area (Å²) in [5, 5.41) is 3.08. The summed E-state index contributed by atoms with van der Waals surface area (Å²) >= 11 is 0. The summed E-state index contributed by atoms with van der Waals surface area (Å²) in [6, 6.07) is 0.738. The zero-order valence-electron chi connectivity index (χ0n) is 9.01. The number of rotatable bonds is 0. The molecular weight excluding hydrogens is 209 g/mol. The van der Waals surface area contributed by atoms with E-state index in [1.807, 2.05) is 13.8 Å². The van der Waals surface area contributed by atoms with Crippen LogP contribution in [-0.2, 0) is 13.2 Å². The van der Waals surface area contributed by atoms with Gasteiger partial charge in [0.1, 0.15) is 0 Å². The Labute approximate surface area is 85.5 Å². The quantitative estimate of drug-likeness (QED) is 0.674. The van der Waals surface area contributed by atoms with Crippen molar-refractivity contribution in [2.24, 2.45) is 7.05 Å². The second kappa shape index (κ2) is 4.95. The summed E-state index contributed by atoms with van der Waals surface area (Å²) < 4.78 is 37.0. The van der Waals surface area contributed by atoms with Crippen LogP contribution < -0.4 is 5.56 Å². The zero-order chi connectivity index (χ0) is 12.2. The standard InChI is InChI=1S/C7H7F3N2O.C2H6/c1-4-3-5(7(8,9)10)11-12(2)6(4)13;1-2/h3H,1-2H3;1-2H3. The minimum absolute atomic E-state index is 0.0322. The summed E-state index contributed by atoms with van der Waals surface area (Å²) in [5.41, 5.74) is -1.54. The van der Waals surface area contributed by atoms with Crippen molar-refractivity contribution in [3.05, 3.63) is 27.7 Å². The summed E-state index contributed by atoms with van der Waals surface area (Å²) in [5.74, 6) is 0. The molecule has 1 rings (SSSR count). The van der Waals surface area contributed by atoms with E-state index >= 15 is 0 Å². The minimum atomic E-state index is -4.50. The molecule has 0 bridgehead atoms. The molecule has 0 aliphatic heterocycles. The molecule has 0 atom stereocenters. The molecule has 0 amide bonds. The van der Waals surface area contributed by atoms with E-state index in [1.165, 1.54) is 14.0 Å². The topological polar surface area (TPSA) is 34.9 Å². The molecular formula is C9H13F3N2O. The van der Waals surface area contributed by atoms with E-state index in [2.05, 4.69) is 5.10 Å². The van der Waals surface area contributed by atoms with Gasteiger partial charge in [0.15, 0.2) is 5.69 Å². The maximum Gasteiger partial charge on any atom is 0.435 e. The number of hydrogen-bond acceptors (Lipinski definition) is 2. The van der Waals surface area contributed by atoms with Crippen LogP contribution in [0.25, 0.3) is 0 Å². The van der Waals surface area contributed by atoms with Gasteiger partial charge in [-0.05, 0) is 13.0 Å². The molecule has 0 fully saturated rings. The van der Waals surface area contributed by atoms with Crippen LogP contribution in [0.5, 0.6) is 0 Å². The van der Waals surface area contributed by atoms with Crippen LogP contribution in [0.3, 0.4) is 0 Å². The van der Waals surface area contributed by atoms with Crippen molar-refractivity contribution in [2.45, 2.75) is 26.9 Å². The monoisotopic (exact) mass is 222 g/mol. The molecule has 0 saturated carbocycles. The lowest BCUT2D eigenvalue weighted by molar-refractivity contribution is -0.142. The van der Waals surface area contributed by atoms with E-state index < -0.39 is 17.4 Å². The lowest BCUT2D eigenvalue weighted by Gasteiger charge is -2.07. The second-order valence-electron chi connectivity index (χ2n) is 2.64. The molecule has 0 unspecified atom stereocenters. The average molecular weight is 222 g/mol. The Hall–Kier alpha value is -1.33. The summed E-state index contributed by atoms with van der Waals surface area (Å²) in [7, 11) is 1.19. The fourth-order valence-corrected chi connectivity index (χ4v) is 0.896. The van der Waals surface area contributed by atoms with E-state index in [9.17, 15) is 18.0 Å². The highest BCUT2D eigenvalue weighted by Gasteiger charge is 2.33. The maximum atomic E-state index is 12.1. The Kier molecular flexibility index (Phi) is 4.51. The van der Waals surface area contributed by atoms with Crippen molar-refractivity contribution in [2.75, 3.05) is 0 Å². The van der Waals surface area contributed by atoms with Crippen LogP contribution in [0.1, 0.15) is 25.1 Å². The largest absolute Gasteiger partial charge is 0.435 e. The summed E-state index contributed by atoms with van der Waals surface area (Å²) in [6.45, 7) is 5.32. The van der Waals surface area contributed by atoms with E-state index in [0.29, 0.717) is 4.68 Å². The lowest BCUT2D eigenvalue weighted by atomic mass is 10.3. The Morgan fingerprint density at radius 2 is 1.80 bits per heavy atom. The maximum absolute atomic E-state index is 12.1. The molecule has 0 radical (unpaired) electrons. The highest BCUT2D eigenvalue weighted by Crippen LogP contribution is 2.26. The van der Waals surface area contributed by atoms with Crippen LogP contribution in [0.2, 0.25) is 0 Å². The Morgan fingerprint density at radius 1 is 1.33 bits per heavy atom. The minimum Gasteiger partial charge on any atom is -0.268 e. The van der Waals surface area contributed by atoms with E-state index in [4.69, 9.17) is 0 Å². The zero-order valence-corrected chi connectivity index (χ0v) is 9.01. The number of halogens is 3. The first-order chi connectivity index (χ1) is 6.82. The predicted molar refractivity (Wildman–Crippen MR) is 50.6 cm³/mol. The van der Waals surface area contributed by atoms with Crippen molar-refractivity contribution in [1.82, 2.24) is 9.78 Å². The van der Waals surface area contributed by atoms with E-state index in [-0.39, 0.29) is 5.56 Å². The van der Waals surface area contributed by atoms with Crippen molar-refractivity contribution < 1.29 is 13.2 Å². The fourth-order valence-electron chi connectivity index (χ4n) is 0.896. The van der Waals surface area contributed by atoms with Crippen LogP contribution in [0, 0.1) is 6.92 Å². The van der Waals surface area contributed by atoms with Gasteiger partial charge in [0, 0.05) is 12.6 Å². The molecule has 0 aromatic carbocycles. The Balaban J connectivity index is 0.000000921. The highest BCUT2D eigenvalue weighted by atomic mass is 19.4. The first kappa shape index (κ1) is 13.7. The number of hydrogen-bond donors (Lipinski definition) is 0. The van der Waals surface area contributed by atoms with Crippen molar-refractivity contribution in [1.29, 1.82) is 0 Å². The van der Waals surface area contributed by atoms with Crippen LogP contribution in [-0.4, -0.2) is 9.78 Å². The molecule has 1 heterocycles. The van der Waals surface area contributed by atoms with Crippen LogP contribution in [0.4, 0.5) is 13.2 Å². The molecule has 0 aliphatic rings. The number of aryl methyl sites for hydroxylation is 2. The SMILES string of the molecule is CC.Cc1cc(C(F)(F)F)nn(C)c1=O. The molecule has 1 aromatic rings. The summed E-state index contributed by atoms with van der Waals surface area (Å²) in [6.07, 6.45) is -4.50. The predicted octanol–water partition coefficient (Wildman–Crippen LogP) is 2.13. The molecule has 0 saturated heterocycles. The molecule has 0 aliphatic carbocycles. The van der Waals surface area contributed by atoms with Crippen molar-refractivity contribution in [3.63, 3.8) is 0 Å². The van der Waals surface area contributed by atoms with E-state index in [0.717, 1.165) is 6.07 Å². The van der Waals surface area contributed by atoms with Gasteiger partial charge in [0.25, 0.3) is 5.56 Å². The van der Waals surface area contributed by atoms with Gasteiger partial charge in [-0.15, -0.1) is 0 Å². The van der Waals surface area contributed by atoms with Gasteiger partial charge < -0.3 is 0 Å². The second-order valence-corrected chi connectivity index (χ2v) is 2.64. The fraction of sp³-hybridized carbons (Fsp3) is 0.556. The van der Waals surface area contributed by atoms with Gasteiger partial charge in [0.2, 0.25) is 0 Å². The van der Waals surface area contributed by atoms with Gasteiger partial charge in [-0.1, -0.05) is 13.8 Å². The molecule has 3 nitrogen and oxygen atoms in total. The molecule has 0 N–H and O–H groups in total. The highest BCUT2D eigenvalue weighted by molar-refractivity contribution is 5.13. The third-order valence-electron chi connectivity index (χ3n) is 1.53. The van der Waals surface area contributed by atoms with Gasteiger partial charge in [0.05, 0.1) is 0 Å². The Morgan fingerprint density at radius 3 is 2.13 bits per heavy atom. The van der Waals surface area contributed by atoms with Crippen molar-refractivity contribution >= 4 is 0 Å². The van der Waals surface area contributed by atoms with Crippen LogP contribution >= 0.6 is 0 Å². The molecule has 86 valence electrons. The number of aromatic nitrogens is 2. The molecule has 1 aromatic heterocycles.